The largest absolute Gasteiger partial charge is 0.466 e. The SMILES string of the molecule is COC(=O)N(Cc1cc(C(F)(F)F)cc(C(F)(F)F)c1)C1CC(C)N(CCOC=O)c2cc(Cl)ccc21. The number of carbonyl (C=O) groups excluding carboxylic acids is 2. The topological polar surface area (TPSA) is 59.1 Å². The predicted molar refractivity (Wildman–Crippen MR) is 122 cm³/mol. The van der Waals surface area contributed by atoms with Crippen molar-refractivity contribution in [1.29, 1.82) is 0 Å². The number of alkyl halides is 6. The van der Waals surface area contributed by atoms with Crippen LogP contribution in [0.1, 0.15) is 41.6 Å². The number of benzene rings is 2. The van der Waals surface area contributed by atoms with E-state index in [2.05, 4.69) is 0 Å². The molecule has 3 rings (SSSR count). The molecule has 1 aliphatic heterocycles. The number of nitrogens with zero attached hydrogens (tertiary/aromatic N) is 2. The van der Waals surface area contributed by atoms with Crippen molar-refractivity contribution in [3.8, 4) is 0 Å². The van der Waals surface area contributed by atoms with Crippen LogP contribution in [0.4, 0.5) is 36.8 Å². The predicted octanol–water partition coefficient (Wildman–Crippen LogP) is 6.46. The molecule has 202 valence electrons. The summed E-state index contributed by atoms with van der Waals surface area (Å²) in [5.41, 5.74) is -2.18. The molecule has 6 nitrogen and oxygen atoms in total. The fourth-order valence-electron chi connectivity index (χ4n) is 4.42. The number of rotatable bonds is 7. The van der Waals surface area contributed by atoms with Crippen molar-refractivity contribution in [3.05, 3.63) is 63.7 Å². The Labute approximate surface area is 213 Å². The number of hydrogen-bond acceptors (Lipinski definition) is 5. The normalized spacial score (nSPS) is 17.7. The second-order valence-electron chi connectivity index (χ2n) is 8.48. The third kappa shape index (κ3) is 6.60. The lowest BCUT2D eigenvalue weighted by Crippen LogP contribution is -2.46. The molecule has 0 aliphatic carbocycles. The zero-order valence-electron chi connectivity index (χ0n) is 19.7. The van der Waals surface area contributed by atoms with Gasteiger partial charge in [-0.15, -0.1) is 0 Å². The molecule has 0 fully saturated rings. The number of halogens is 7. The molecule has 0 saturated carbocycles. The zero-order chi connectivity index (χ0) is 27.5. The summed E-state index contributed by atoms with van der Waals surface area (Å²) >= 11 is 6.19. The lowest BCUT2D eigenvalue weighted by atomic mass is 9.90. The van der Waals surface area contributed by atoms with Crippen molar-refractivity contribution < 1.29 is 45.4 Å². The van der Waals surface area contributed by atoms with Gasteiger partial charge in [0.25, 0.3) is 6.47 Å². The van der Waals surface area contributed by atoms with E-state index < -0.39 is 42.2 Å². The molecule has 1 aliphatic rings. The van der Waals surface area contributed by atoms with Crippen LogP contribution in [0.2, 0.25) is 5.02 Å². The molecule has 0 saturated heterocycles. The van der Waals surface area contributed by atoms with E-state index in [-0.39, 0.29) is 30.7 Å². The van der Waals surface area contributed by atoms with Crippen molar-refractivity contribution in [2.75, 3.05) is 25.2 Å². The van der Waals surface area contributed by atoms with Crippen LogP contribution in [-0.2, 0) is 33.2 Å². The van der Waals surface area contributed by atoms with Crippen LogP contribution in [0.3, 0.4) is 0 Å². The number of fused-ring (bicyclic) bond motifs is 1. The molecule has 1 amide bonds. The highest BCUT2D eigenvalue weighted by Crippen LogP contribution is 2.43. The number of ether oxygens (including phenoxy) is 2. The van der Waals surface area contributed by atoms with Gasteiger partial charge < -0.3 is 14.4 Å². The second kappa shape index (κ2) is 11.1. The molecule has 2 atom stereocenters. The second-order valence-corrected chi connectivity index (χ2v) is 8.91. The highest BCUT2D eigenvalue weighted by molar-refractivity contribution is 6.30. The third-order valence-corrected chi connectivity index (χ3v) is 6.30. The van der Waals surface area contributed by atoms with Gasteiger partial charge in [0.15, 0.2) is 0 Å². The first-order valence-electron chi connectivity index (χ1n) is 11.0. The molecule has 1 heterocycles. The Morgan fingerprint density at radius 3 is 2.27 bits per heavy atom. The Kier molecular flexibility index (Phi) is 8.51. The van der Waals surface area contributed by atoms with Gasteiger partial charge in [0.1, 0.15) is 6.61 Å². The molecule has 2 aromatic rings. The maximum Gasteiger partial charge on any atom is 0.416 e. The van der Waals surface area contributed by atoms with E-state index in [4.69, 9.17) is 21.1 Å². The summed E-state index contributed by atoms with van der Waals surface area (Å²) in [6.45, 7) is 1.91. The van der Waals surface area contributed by atoms with E-state index in [0.717, 1.165) is 12.0 Å². The first-order chi connectivity index (χ1) is 17.3. The minimum absolute atomic E-state index is 0.0330. The van der Waals surface area contributed by atoms with Gasteiger partial charge in [-0.3, -0.25) is 9.69 Å². The fraction of sp³-hybridized carbons (Fsp3) is 0.417. The van der Waals surface area contributed by atoms with E-state index in [0.29, 0.717) is 41.4 Å². The maximum absolute atomic E-state index is 13.4. The Morgan fingerprint density at radius 2 is 1.73 bits per heavy atom. The van der Waals surface area contributed by atoms with Crippen molar-refractivity contribution >= 4 is 29.9 Å². The quantitative estimate of drug-likeness (QED) is 0.224. The van der Waals surface area contributed by atoms with Crippen molar-refractivity contribution in [2.45, 2.75) is 44.3 Å². The van der Waals surface area contributed by atoms with Crippen LogP contribution in [0.15, 0.2) is 36.4 Å². The van der Waals surface area contributed by atoms with Crippen LogP contribution in [-0.4, -0.2) is 43.8 Å². The Bertz CT molecular complexity index is 1110. The summed E-state index contributed by atoms with van der Waals surface area (Å²) in [5, 5.41) is 0.366. The molecule has 0 radical (unpaired) electrons. The van der Waals surface area contributed by atoms with Gasteiger partial charge in [0, 0.05) is 23.3 Å². The van der Waals surface area contributed by atoms with Gasteiger partial charge in [0.05, 0.1) is 30.8 Å². The monoisotopic (exact) mass is 552 g/mol. The summed E-state index contributed by atoms with van der Waals surface area (Å²) in [7, 11) is 1.07. The average Bonchev–Trinajstić information content (AvgIpc) is 2.82. The van der Waals surface area contributed by atoms with Gasteiger partial charge >= 0.3 is 18.4 Å². The molecular formula is C24H23ClF6N2O4. The standard InChI is InChI=1S/C24H23ClF6N2O4/c1-14-7-20(19-4-3-18(25)11-21(19)32(14)5-6-37-13-34)33(22(35)36-2)12-15-8-16(23(26,27)28)10-17(9-15)24(29,30)31/h3-4,8-11,13-14,20H,5-7,12H2,1-2H3. The summed E-state index contributed by atoms with van der Waals surface area (Å²) in [6, 6.07) is 4.99. The first kappa shape index (κ1) is 28.4. The van der Waals surface area contributed by atoms with Gasteiger partial charge in [0.2, 0.25) is 0 Å². The van der Waals surface area contributed by atoms with Crippen LogP contribution in [0.25, 0.3) is 0 Å². The molecule has 37 heavy (non-hydrogen) atoms. The number of amides is 1. The van der Waals surface area contributed by atoms with Crippen LogP contribution in [0.5, 0.6) is 0 Å². The van der Waals surface area contributed by atoms with Crippen molar-refractivity contribution in [1.82, 2.24) is 4.90 Å². The highest BCUT2D eigenvalue weighted by atomic mass is 35.5. The van der Waals surface area contributed by atoms with Crippen LogP contribution >= 0.6 is 11.6 Å². The number of carbonyl (C=O) groups is 2. The van der Waals surface area contributed by atoms with Gasteiger partial charge in [-0.2, -0.15) is 26.3 Å². The van der Waals surface area contributed by atoms with Gasteiger partial charge in [-0.25, -0.2) is 4.79 Å². The molecule has 2 aromatic carbocycles. The summed E-state index contributed by atoms with van der Waals surface area (Å²) in [4.78, 5) is 26.4. The summed E-state index contributed by atoms with van der Waals surface area (Å²) in [5.74, 6) is 0. The van der Waals surface area contributed by atoms with E-state index in [1.165, 1.54) is 0 Å². The highest BCUT2D eigenvalue weighted by Gasteiger charge is 2.39. The van der Waals surface area contributed by atoms with E-state index >= 15 is 0 Å². The molecule has 0 N–H and O–H groups in total. The summed E-state index contributed by atoms with van der Waals surface area (Å²) in [6.07, 6.45) is -10.7. The van der Waals surface area contributed by atoms with Crippen LogP contribution < -0.4 is 4.90 Å². The number of anilines is 1. The first-order valence-corrected chi connectivity index (χ1v) is 11.4. The Balaban J connectivity index is 2.07. The molecule has 13 heteroatoms. The minimum atomic E-state index is -5.03. The maximum atomic E-state index is 13.4. The molecule has 0 spiro atoms. The smallest absolute Gasteiger partial charge is 0.416 e. The molecule has 0 aromatic heterocycles. The lowest BCUT2D eigenvalue weighted by molar-refractivity contribution is -0.143. The van der Waals surface area contributed by atoms with Crippen molar-refractivity contribution in [3.63, 3.8) is 0 Å². The van der Waals surface area contributed by atoms with Gasteiger partial charge in [-0.05, 0) is 54.8 Å². The van der Waals surface area contributed by atoms with E-state index in [1.54, 1.807) is 18.2 Å². The molecule has 2 unspecified atom stereocenters. The fourth-order valence-corrected chi connectivity index (χ4v) is 4.59. The van der Waals surface area contributed by atoms with E-state index in [9.17, 15) is 35.9 Å². The molecular weight excluding hydrogens is 530 g/mol. The van der Waals surface area contributed by atoms with Crippen LogP contribution in [0, 0.1) is 0 Å². The third-order valence-electron chi connectivity index (χ3n) is 6.06. The van der Waals surface area contributed by atoms with Crippen molar-refractivity contribution in [2.24, 2.45) is 0 Å². The Hall–Kier alpha value is -3.15. The minimum Gasteiger partial charge on any atom is -0.466 e. The average molecular weight is 553 g/mol. The number of hydrogen-bond donors (Lipinski definition) is 0. The molecule has 0 bridgehead atoms. The Morgan fingerprint density at radius 1 is 1.11 bits per heavy atom. The van der Waals surface area contributed by atoms with E-state index in [1.807, 2.05) is 11.8 Å². The lowest BCUT2D eigenvalue weighted by Gasteiger charge is -2.44. The number of methoxy groups -OCH3 is 1. The summed E-state index contributed by atoms with van der Waals surface area (Å²) < 4.78 is 90.0. The van der Waals surface area contributed by atoms with Gasteiger partial charge in [-0.1, -0.05) is 17.7 Å². The zero-order valence-corrected chi connectivity index (χ0v) is 20.5.